The van der Waals surface area contributed by atoms with Gasteiger partial charge in [-0.1, -0.05) is 17.4 Å². The molecular formula is C20H23N4O3S+. The molecule has 1 heterocycles. The van der Waals surface area contributed by atoms with Gasteiger partial charge in [0.1, 0.15) is 0 Å². The Morgan fingerprint density at radius 3 is 2.50 bits per heavy atom. The van der Waals surface area contributed by atoms with Gasteiger partial charge in [-0.25, -0.2) is 4.98 Å². The summed E-state index contributed by atoms with van der Waals surface area (Å²) in [7, 11) is 4.06. The fraction of sp³-hybridized carbons (Fsp3) is 0.300. The Labute approximate surface area is 167 Å². The normalized spacial score (nSPS) is 11.2. The lowest BCUT2D eigenvalue weighted by molar-refractivity contribution is -0.856. The van der Waals surface area contributed by atoms with E-state index in [-0.39, 0.29) is 11.6 Å². The molecule has 0 fully saturated rings. The van der Waals surface area contributed by atoms with Crippen LogP contribution >= 0.6 is 11.3 Å². The van der Waals surface area contributed by atoms with Crippen molar-refractivity contribution in [2.75, 3.05) is 32.1 Å². The number of rotatable bonds is 6. The van der Waals surface area contributed by atoms with Gasteiger partial charge in [0.25, 0.3) is 11.6 Å². The third-order valence-corrected chi connectivity index (χ3v) is 5.48. The van der Waals surface area contributed by atoms with Crippen LogP contribution in [0.25, 0.3) is 10.2 Å². The van der Waals surface area contributed by atoms with E-state index < -0.39 is 4.92 Å². The number of hydrogen-bond acceptors (Lipinski definition) is 5. The Morgan fingerprint density at radius 2 is 1.89 bits per heavy atom. The minimum Gasteiger partial charge on any atom is -0.338 e. The molecule has 7 nitrogen and oxygen atoms in total. The molecule has 0 aliphatic rings. The maximum Gasteiger partial charge on any atom is 0.269 e. The molecule has 0 saturated carbocycles. The lowest BCUT2D eigenvalue weighted by Crippen LogP contribution is -3.06. The molecule has 1 N–H and O–H groups in total. The number of nitro benzene ring substituents is 1. The highest BCUT2D eigenvalue weighted by atomic mass is 32.1. The second-order valence-electron chi connectivity index (χ2n) is 7.14. The number of aryl methyl sites for hydroxylation is 2. The number of aromatic nitrogens is 1. The number of carbonyl (C=O) groups is 1. The van der Waals surface area contributed by atoms with E-state index >= 15 is 0 Å². The lowest BCUT2D eigenvalue weighted by atomic mass is 10.1. The van der Waals surface area contributed by atoms with Crippen molar-refractivity contribution in [1.82, 2.24) is 4.98 Å². The van der Waals surface area contributed by atoms with Gasteiger partial charge in [0.05, 0.1) is 42.3 Å². The number of nitro groups is 1. The van der Waals surface area contributed by atoms with Crippen molar-refractivity contribution in [3.05, 3.63) is 63.2 Å². The Morgan fingerprint density at radius 1 is 1.21 bits per heavy atom. The fourth-order valence-corrected chi connectivity index (χ4v) is 4.14. The van der Waals surface area contributed by atoms with Crippen molar-refractivity contribution in [2.24, 2.45) is 0 Å². The van der Waals surface area contributed by atoms with Gasteiger partial charge in [0.2, 0.25) is 0 Å². The number of anilines is 1. The molecule has 146 valence electrons. The first-order chi connectivity index (χ1) is 13.3. The van der Waals surface area contributed by atoms with Gasteiger partial charge in [-0.05, 0) is 43.2 Å². The number of likely N-dealkylation sites (N-methyl/N-ethyl adjacent to an activating group) is 1. The van der Waals surface area contributed by atoms with Gasteiger partial charge in [0.15, 0.2) is 5.13 Å². The number of amides is 1. The molecule has 3 aromatic rings. The lowest BCUT2D eigenvalue weighted by Gasteiger charge is -2.20. The summed E-state index contributed by atoms with van der Waals surface area (Å²) in [4.78, 5) is 31.2. The molecule has 2 aromatic carbocycles. The minimum absolute atomic E-state index is 0.0353. The van der Waals surface area contributed by atoms with E-state index in [0.29, 0.717) is 17.2 Å². The van der Waals surface area contributed by atoms with Crippen molar-refractivity contribution < 1.29 is 14.6 Å². The van der Waals surface area contributed by atoms with Crippen LogP contribution in [0.4, 0.5) is 10.8 Å². The molecule has 3 rings (SSSR count). The van der Waals surface area contributed by atoms with E-state index in [9.17, 15) is 14.9 Å². The van der Waals surface area contributed by atoms with Gasteiger partial charge >= 0.3 is 0 Å². The Bertz CT molecular complexity index is 1030. The summed E-state index contributed by atoms with van der Waals surface area (Å²) in [5.41, 5.74) is 3.52. The van der Waals surface area contributed by atoms with E-state index in [1.165, 1.54) is 40.5 Å². The first-order valence-electron chi connectivity index (χ1n) is 8.99. The minimum atomic E-state index is -0.472. The second-order valence-corrected chi connectivity index (χ2v) is 8.15. The number of thiazole rings is 1. The zero-order chi connectivity index (χ0) is 20.4. The SMILES string of the molecule is Cc1cc(C)c2nc(N(CC[NH+](C)C)C(=O)c3ccc([N+](=O)[O-])cc3)sc2c1. The third-order valence-electron chi connectivity index (χ3n) is 4.46. The molecule has 0 bridgehead atoms. The van der Waals surface area contributed by atoms with Crippen LogP contribution in [0.15, 0.2) is 36.4 Å². The molecule has 0 saturated heterocycles. The van der Waals surface area contributed by atoms with Crippen molar-refractivity contribution >= 4 is 38.3 Å². The summed E-state index contributed by atoms with van der Waals surface area (Å²) < 4.78 is 1.05. The van der Waals surface area contributed by atoms with Gasteiger partial charge in [0, 0.05) is 17.7 Å². The predicted molar refractivity (Wildman–Crippen MR) is 112 cm³/mol. The van der Waals surface area contributed by atoms with Crippen molar-refractivity contribution in [1.29, 1.82) is 0 Å². The highest BCUT2D eigenvalue weighted by Gasteiger charge is 2.23. The molecule has 0 aliphatic carbocycles. The van der Waals surface area contributed by atoms with Crippen LogP contribution in [0.3, 0.4) is 0 Å². The Balaban J connectivity index is 1.99. The summed E-state index contributed by atoms with van der Waals surface area (Å²) >= 11 is 1.49. The average Bonchev–Trinajstić information content (AvgIpc) is 3.05. The van der Waals surface area contributed by atoms with E-state index in [0.717, 1.165) is 27.9 Å². The van der Waals surface area contributed by atoms with Gasteiger partial charge in [-0.15, -0.1) is 0 Å². The highest BCUT2D eigenvalue weighted by molar-refractivity contribution is 7.22. The first-order valence-corrected chi connectivity index (χ1v) is 9.81. The number of fused-ring (bicyclic) bond motifs is 1. The second kappa shape index (κ2) is 8.04. The molecule has 0 atom stereocenters. The van der Waals surface area contributed by atoms with Crippen molar-refractivity contribution in [3.63, 3.8) is 0 Å². The molecule has 1 aromatic heterocycles. The Hall–Kier alpha value is -2.84. The van der Waals surface area contributed by atoms with Crippen LogP contribution in [-0.2, 0) is 0 Å². The van der Waals surface area contributed by atoms with Crippen LogP contribution < -0.4 is 9.80 Å². The first kappa shape index (κ1) is 19.9. The van der Waals surface area contributed by atoms with Gasteiger partial charge < -0.3 is 4.90 Å². The number of carbonyl (C=O) groups excluding carboxylic acids is 1. The molecule has 0 aliphatic heterocycles. The predicted octanol–water partition coefficient (Wildman–Crippen LogP) is 2.61. The summed E-state index contributed by atoms with van der Waals surface area (Å²) in [6.45, 7) is 5.33. The van der Waals surface area contributed by atoms with Crippen molar-refractivity contribution in [3.8, 4) is 0 Å². The molecule has 28 heavy (non-hydrogen) atoms. The molecule has 8 heteroatoms. The number of benzene rings is 2. The van der Waals surface area contributed by atoms with Gasteiger partial charge in [-0.3, -0.25) is 19.8 Å². The maximum absolute atomic E-state index is 13.2. The van der Waals surface area contributed by atoms with Gasteiger partial charge in [-0.2, -0.15) is 0 Å². The van der Waals surface area contributed by atoms with Crippen LogP contribution in [0, 0.1) is 24.0 Å². The third kappa shape index (κ3) is 4.18. The standard InChI is InChI=1S/C20H22N4O3S/c1-13-11-14(2)18-17(12-13)28-20(21-18)23(10-9-22(3)4)19(25)15-5-7-16(8-6-15)24(26)27/h5-8,11-12H,9-10H2,1-4H3/p+1. The summed E-state index contributed by atoms with van der Waals surface area (Å²) in [5, 5.41) is 11.5. The number of quaternary nitrogens is 1. The smallest absolute Gasteiger partial charge is 0.269 e. The molecule has 0 spiro atoms. The van der Waals surface area contributed by atoms with E-state index in [1.54, 1.807) is 4.90 Å². The quantitative estimate of drug-likeness (QED) is 0.510. The zero-order valence-electron chi connectivity index (χ0n) is 16.4. The largest absolute Gasteiger partial charge is 0.338 e. The summed E-state index contributed by atoms with van der Waals surface area (Å²) in [6, 6.07) is 9.87. The van der Waals surface area contributed by atoms with E-state index in [2.05, 4.69) is 12.1 Å². The molecule has 1 amide bonds. The van der Waals surface area contributed by atoms with E-state index in [4.69, 9.17) is 4.98 Å². The number of nitrogens with zero attached hydrogens (tertiary/aromatic N) is 3. The average molecular weight is 399 g/mol. The monoisotopic (exact) mass is 399 g/mol. The number of non-ortho nitro benzene ring substituents is 1. The van der Waals surface area contributed by atoms with E-state index in [1.807, 2.05) is 27.9 Å². The van der Waals surface area contributed by atoms with Crippen LogP contribution in [0.1, 0.15) is 21.5 Å². The van der Waals surface area contributed by atoms with Crippen LogP contribution in [0.2, 0.25) is 0 Å². The highest BCUT2D eigenvalue weighted by Crippen LogP contribution is 2.32. The number of hydrogen-bond donors (Lipinski definition) is 1. The topological polar surface area (TPSA) is 80.8 Å². The van der Waals surface area contributed by atoms with Crippen LogP contribution in [-0.4, -0.2) is 43.0 Å². The van der Waals surface area contributed by atoms with Crippen LogP contribution in [0.5, 0.6) is 0 Å². The number of nitrogens with one attached hydrogen (secondary N) is 1. The Kier molecular flexibility index (Phi) is 5.71. The fourth-order valence-electron chi connectivity index (χ4n) is 2.98. The maximum atomic E-state index is 13.2. The molecule has 0 unspecified atom stereocenters. The zero-order valence-corrected chi connectivity index (χ0v) is 17.2. The van der Waals surface area contributed by atoms with Crippen molar-refractivity contribution in [2.45, 2.75) is 13.8 Å². The molecular weight excluding hydrogens is 376 g/mol. The molecule has 0 radical (unpaired) electrons. The summed E-state index contributed by atoms with van der Waals surface area (Å²) in [6.07, 6.45) is 0. The summed E-state index contributed by atoms with van der Waals surface area (Å²) in [5.74, 6) is -0.204.